The van der Waals surface area contributed by atoms with E-state index < -0.39 is 0 Å². The lowest BCUT2D eigenvalue weighted by atomic mass is 9.96. The molecule has 0 spiro atoms. The van der Waals surface area contributed by atoms with Gasteiger partial charge in [0.25, 0.3) is 0 Å². The van der Waals surface area contributed by atoms with Gasteiger partial charge in [-0.15, -0.1) is 0 Å². The maximum Gasteiger partial charge on any atom is 0.127 e. The Labute approximate surface area is 149 Å². The summed E-state index contributed by atoms with van der Waals surface area (Å²) in [7, 11) is 0. The zero-order valence-electron chi connectivity index (χ0n) is 14.6. The summed E-state index contributed by atoms with van der Waals surface area (Å²) in [5.41, 5.74) is 2.01. The lowest BCUT2D eigenvalue weighted by Crippen LogP contribution is -1.96. The third-order valence-corrected chi connectivity index (χ3v) is 5.82. The van der Waals surface area contributed by atoms with Gasteiger partial charge in [0, 0.05) is 11.1 Å². The standard InChI is InChI=1S/C22H26O3/c23-21-11-9-17(13-19(21)15-5-1-2-6-15)25-18-10-12-22(24)20(14-18)16-7-3-4-8-16/h9-16,23-24H,1-8H2. The first-order chi connectivity index (χ1) is 12.2. The average Bonchev–Trinajstić information content (AvgIpc) is 3.31. The molecule has 2 aromatic rings. The maximum atomic E-state index is 10.2. The highest BCUT2D eigenvalue weighted by Gasteiger charge is 2.22. The third-order valence-electron chi connectivity index (χ3n) is 5.82. The molecule has 0 atom stereocenters. The summed E-state index contributed by atoms with van der Waals surface area (Å²) in [6, 6.07) is 11.1. The summed E-state index contributed by atoms with van der Waals surface area (Å²) >= 11 is 0. The molecule has 2 saturated carbocycles. The minimum absolute atomic E-state index is 0.372. The van der Waals surface area contributed by atoms with Gasteiger partial charge in [-0.25, -0.2) is 0 Å². The van der Waals surface area contributed by atoms with Crippen LogP contribution < -0.4 is 4.74 Å². The van der Waals surface area contributed by atoms with E-state index in [0.29, 0.717) is 23.3 Å². The summed E-state index contributed by atoms with van der Waals surface area (Å²) in [5, 5.41) is 20.4. The second-order valence-corrected chi connectivity index (χ2v) is 7.51. The number of hydrogen-bond acceptors (Lipinski definition) is 3. The van der Waals surface area contributed by atoms with Crippen molar-refractivity contribution in [3.05, 3.63) is 47.5 Å². The number of hydrogen-bond donors (Lipinski definition) is 2. The van der Waals surface area contributed by atoms with Crippen molar-refractivity contribution in [2.24, 2.45) is 0 Å². The van der Waals surface area contributed by atoms with E-state index in [2.05, 4.69) is 0 Å². The van der Waals surface area contributed by atoms with Crippen molar-refractivity contribution in [2.75, 3.05) is 0 Å². The summed E-state index contributed by atoms with van der Waals surface area (Å²) in [5.74, 6) is 3.13. The predicted molar refractivity (Wildman–Crippen MR) is 98.7 cm³/mol. The summed E-state index contributed by atoms with van der Waals surface area (Å²) in [6.07, 6.45) is 9.50. The zero-order chi connectivity index (χ0) is 17.2. The average molecular weight is 338 g/mol. The molecule has 2 fully saturated rings. The molecule has 0 aliphatic heterocycles. The van der Waals surface area contributed by atoms with E-state index in [1.807, 2.05) is 24.3 Å². The Morgan fingerprint density at radius 1 is 0.640 bits per heavy atom. The Kier molecular flexibility index (Phi) is 4.56. The molecular formula is C22H26O3. The van der Waals surface area contributed by atoms with Gasteiger partial charge in [-0.1, -0.05) is 25.7 Å². The largest absolute Gasteiger partial charge is 0.508 e. The summed E-state index contributed by atoms with van der Waals surface area (Å²) in [4.78, 5) is 0. The molecule has 0 saturated heterocycles. The molecule has 2 aliphatic rings. The minimum atomic E-state index is 0.372. The van der Waals surface area contributed by atoms with E-state index in [-0.39, 0.29) is 0 Å². The normalized spacial score (nSPS) is 18.7. The van der Waals surface area contributed by atoms with Crippen molar-refractivity contribution >= 4 is 0 Å². The fourth-order valence-electron chi connectivity index (χ4n) is 4.46. The van der Waals surface area contributed by atoms with Crippen LogP contribution in [-0.2, 0) is 0 Å². The molecule has 2 aromatic carbocycles. The fourth-order valence-corrected chi connectivity index (χ4v) is 4.46. The first-order valence-corrected chi connectivity index (χ1v) is 9.54. The monoisotopic (exact) mass is 338 g/mol. The molecule has 0 unspecified atom stereocenters. The van der Waals surface area contributed by atoms with Crippen LogP contribution in [0.25, 0.3) is 0 Å². The Morgan fingerprint density at radius 3 is 1.44 bits per heavy atom. The van der Waals surface area contributed by atoms with Crippen LogP contribution in [0.3, 0.4) is 0 Å². The van der Waals surface area contributed by atoms with E-state index in [9.17, 15) is 10.2 Å². The molecule has 4 rings (SSSR count). The quantitative estimate of drug-likeness (QED) is 0.697. The molecule has 2 N–H and O–H groups in total. The highest BCUT2D eigenvalue weighted by atomic mass is 16.5. The molecule has 3 nitrogen and oxygen atoms in total. The molecule has 0 bridgehead atoms. The maximum absolute atomic E-state index is 10.2. The molecule has 0 amide bonds. The third kappa shape index (κ3) is 3.46. The van der Waals surface area contributed by atoms with Crippen LogP contribution in [0.2, 0.25) is 0 Å². The van der Waals surface area contributed by atoms with Crippen molar-refractivity contribution in [2.45, 2.75) is 63.2 Å². The fraction of sp³-hybridized carbons (Fsp3) is 0.455. The van der Waals surface area contributed by atoms with E-state index >= 15 is 0 Å². The van der Waals surface area contributed by atoms with Crippen LogP contribution in [0.4, 0.5) is 0 Å². The van der Waals surface area contributed by atoms with E-state index in [4.69, 9.17) is 4.74 Å². The van der Waals surface area contributed by atoms with Gasteiger partial charge < -0.3 is 14.9 Å². The predicted octanol–water partition coefficient (Wildman–Crippen LogP) is 6.21. The molecule has 25 heavy (non-hydrogen) atoms. The number of benzene rings is 2. The van der Waals surface area contributed by atoms with Crippen molar-refractivity contribution in [1.82, 2.24) is 0 Å². The van der Waals surface area contributed by atoms with Crippen LogP contribution in [-0.4, -0.2) is 10.2 Å². The van der Waals surface area contributed by atoms with Gasteiger partial charge in [-0.2, -0.15) is 0 Å². The van der Waals surface area contributed by atoms with Crippen molar-refractivity contribution in [3.63, 3.8) is 0 Å². The van der Waals surface area contributed by atoms with Gasteiger partial charge in [0.1, 0.15) is 23.0 Å². The number of ether oxygens (including phenoxy) is 1. The Balaban J connectivity index is 1.57. The highest BCUT2D eigenvalue weighted by molar-refractivity contribution is 5.46. The van der Waals surface area contributed by atoms with Gasteiger partial charge in [0.15, 0.2) is 0 Å². The first-order valence-electron chi connectivity index (χ1n) is 9.54. The molecular weight excluding hydrogens is 312 g/mol. The SMILES string of the molecule is Oc1ccc(Oc2ccc(O)c(C3CCCC3)c2)cc1C1CCCC1. The van der Waals surface area contributed by atoms with Gasteiger partial charge in [0.2, 0.25) is 0 Å². The van der Waals surface area contributed by atoms with E-state index in [0.717, 1.165) is 48.3 Å². The number of phenols is 2. The van der Waals surface area contributed by atoms with Crippen molar-refractivity contribution in [1.29, 1.82) is 0 Å². The molecule has 0 aromatic heterocycles. The second-order valence-electron chi connectivity index (χ2n) is 7.51. The molecule has 0 radical (unpaired) electrons. The van der Waals surface area contributed by atoms with E-state index in [1.165, 1.54) is 25.7 Å². The summed E-state index contributed by atoms with van der Waals surface area (Å²) < 4.78 is 6.07. The van der Waals surface area contributed by atoms with Gasteiger partial charge in [0.05, 0.1) is 0 Å². The molecule has 0 heterocycles. The highest BCUT2D eigenvalue weighted by Crippen LogP contribution is 2.42. The molecule has 132 valence electrons. The number of phenolic OH excluding ortho intramolecular Hbond substituents is 2. The van der Waals surface area contributed by atoms with E-state index in [1.54, 1.807) is 12.1 Å². The number of aromatic hydroxyl groups is 2. The smallest absolute Gasteiger partial charge is 0.127 e. The van der Waals surface area contributed by atoms with Crippen LogP contribution in [0.15, 0.2) is 36.4 Å². The minimum Gasteiger partial charge on any atom is -0.508 e. The Hall–Kier alpha value is -2.16. The molecule has 3 heteroatoms. The zero-order valence-corrected chi connectivity index (χ0v) is 14.6. The Morgan fingerprint density at radius 2 is 1.04 bits per heavy atom. The lowest BCUT2D eigenvalue weighted by Gasteiger charge is -2.16. The van der Waals surface area contributed by atoms with Gasteiger partial charge in [-0.05, 0) is 73.9 Å². The first kappa shape index (κ1) is 16.3. The Bertz CT molecular complexity index is 677. The van der Waals surface area contributed by atoms with Gasteiger partial charge >= 0.3 is 0 Å². The second kappa shape index (κ2) is 6.99. The lowest BCUT2D eigenvalue weighted by molar-refractivity contribution is 0.445. The van der Waals surface area contributed by atoms with Crippen LogP contribution >= 0.6 is 0 Å². The van der Waals surface area contributed by atoms with Crippen LogP contribution in [0.1, 0.15) is 74.3 Å². The summed E-state index contributed by atoms with van der Waals surface area (Å²) in [6.45, 7) is 0. The van der Waals surface area contributed by atoms with Crippen molar-refractivity contribution < 1.29 is 14.9 Å². The number of rotatable bonds is 4. The molecule has 2 aliphatic carbocycles. The van der Waals surface area contributed by atoms with Crippen LogP contribution in [0, 0.1) is 0 Å². The van der Waals surface area contributed by atoms with Crippen molar-refractivity contribution in [3.8, 4) is 23.0 Å². The van der Waals surface area contributed by atoms with Gasteiger partial charge in [-0.3, -0.25) is 0 Å². The van der Waals surface area contributed by atoms with Crippen LogP contribution in [0.5, 0.6) is 23.0 Å². The topological polar surface area (TPSA) is 49.7 Å².